The zero-order valence-corrected chi connectivity index (χ0v) is 17.9. The van der Waals surface area contributed by atoms with Crippen molar-refractivity contribution in [2.24, 2.45) is 0 Å². The number of benzene rings is 1. The molecule has 1 N–H and O–H groups in total. The molecule has 0 spiro atoms. The lowest BCUT2D eigenvalue weighted by Gasteiger charge is -2.48. The van der Waals surface area contributed by atoms with Crippen LogP contribution in [0.3, 0.4) is 0 Å². The largest absolute Gasteiger partial charge is 0.573 e. The summed E-state index contributed by atoms with van der Waals surface area (Å²) in [6, 6.07) is 7.58. The second-order valence-electron chi connectivity index (χ2n) is 8.69. The quantitative estimate of drug-likeness (QED) is 0.720. The van der Waals surface area contributed by atoms with Crippen LogP contribution in [-0.2, 0) is 6.54 Å². The lowest BCUT2D eigenvalue weighted by Crippen LogP contribution is -2.58. The van der Waals surface area contributed by atoms with Crippen LogP contribution in [0.4, 0.5) is 13.2 Å². The molecule has 0 radical (unpaired) electrons. The molecular weight excluding hydrogens is 395 g/mol. The van der Waals surface area contributed by atoms with E-state index in [0.29, 0.717) is 24.7 Å². The highest BCUT2D eigenvalue weighted by molar-refractivity contribution is 5.27. The predicted molar refractivity (Wildman–Crippen MR) is 110 cm³/mol. The van der Waals surface area contributed by atoms with Crippen molar-refractivity contribution in [2.75, 3.05) is 39.3 Å². The van der Waals surface area contributed by atoms with Gasteiger partial charge >= 0.3 is 6.36 Å². The Labute approximate surface area is 177 Å². The molecule has 5 nitrogen and oxygen atoms in total. The molecule has 8 heteroatoms. The monoisotopic (exact) mass is 429 g/mol. The number of hydrogen-bond donors (Lipinski definition) is 1. The summed E-state index contributed by atoms with van der Waals surface area (Å²) in [7, 11) is 0. The summed E-state index contributed by atoms with van der Waals surface area (Å²) in [6.45, 7) is 10.4. The molecule has 30 heavy (non-hydrogen) atoms. The van der Waals surface area contributed by atoms with E-state index in [2.05, 4.69) is 33.3 Å². The number of aliphatic hydroxyl groups excluding tert-OH is 1. The van der Waals surface area contributed by atoms with Gasteiger partial charge in [-0.15, -0.1) is 13.2 Å². The zero-order chi connectivity index (χ0) is 21.7. The first-order chi connectivity index (χ1) is 14.2. The Balaban J connectivity index is 1.55. The van der Waals surface area contributed by atoms with Crippen molar-refractivity contribution in [1.29, 1.82) is 0 Å². The normalized spacial score (nSPS) is 23.2. The van der Waals surface area contributed by atoms with Crippen molar-refractivity contribution in [1.82, 2.24) is 14.7 Å². The number of piperazine rings is 1. The summed E-state index contributed by atoms with van der Waals surface area (Å²) in [5.41, 5.74) is 0.964. The minimum absolute atomic E-state index is 0.170. The van der Waals surface area contributed by atoms with Gasteiger partial charge in [-0.2, -0.15) is 0 Å². The topological polar surface area (TPSA) is 39.2 Å². The Bertz CT molecular complexity index is 646. The van der Waals surface area contributed by atoms with Crippen LogP contribution in [0.25, 0.3) is 0 Å². The maximum Gasteiger partial charge on any atom is 0.573 e. The highest BCUT2D eigenvalue weighted by Gasteiger charge is 2.34. The van der Waals surface area contributed by atoms with Crippen molar-refractivity contribution in [3.63, 3.8) is 0 Å². The van der Waals surface area contributed by atoms with Gasteiger partial charge < -0.3 is 14.7 Å². The molecule has 1 aromatic carbocycles. The van der Waals surface area contributed by atoms with Gasteiger partial charge in [-0.1, -0.05) is 12.1 Å². The average molecular weight is 430 g/mol. The summed E-state index contributed by atoms with van der Waals surface area (Å²) in [4.78, 5) is 7.45. The average Bonchev–Trinajstić information content (AvgIpc) is 2.69. The minimum atomic E-state index is -4.67. The zero-order valence-electron chi connectivity index (χ0n) is 17.9. The second kappa shape index (κ2) is 10.3. The van der Waals surface area contributed by atoms with Crippen LogP contribution in [0, 0.1) is 0 Å². The number of ether oxygens (including phenoxy) is 1. The number of likely N-dealkylation sites (tertiary alicyclic amines) is 1. The SMILES string of the molecule is CC(C)N1CCC(N2CCN(Cc3ccc(OC(F)(F)F)cc3)C[C@H]2CCO)CC1. The van der Waals surface area contributed by atoms with E-state index in [4.69, 9.17) is 0 Å². The molecule has 0 aromatic heterocycles. The molecule has 0 aliphatic carbocycles. The number of alkyl halides is 3. The number of aliphatic hydroxyl groups is 1. The number of piperidine rings is 1. The Morgan fingerprint density at radius 1 is 1.07 bits per heavy atom. The molecule has 3 rings (SSSR count). The molecule has 2 heterocycles. The molecule has 1 atom stereocenters. The van der Waals surface area contributed by atoms with Gasteiger partial charge in [-0.3, -0.25) is 9.80 Å². The molecule has 0 bridgehead atoms. The molecule has 0 amide bonds. The Hall–Kier alpha value is -1.35. The van der Waals surface area contributed by atoms with Crippen molar-refractivity contribution < 1.29 is 23.0 Å². The van der Waals surface area contributed by atoms with Gasteiger partial charge in [-0.25, -0.2) is 0 Å². The van der Waals surface area contributed by atoms with Crippen LogP contribution in [-0.4, -0.2) is 83.6 Å². The van der Waals surface area contributed by atoms with E-state index in [1.807, 2.05) is 0 Å². The van der Waals surface area contributed by atoms with Gasteiger partial charge in [0, 0.05) is 50.9 Å². The fourth-order valence-electron chi connectivity index (χ4n) is 4.75. The second-order valence-corrected chi connectivity index (χ2v) is 8.69. The Morgan fingerprint density at radius 2 is 1.73 bits per heavy atom. The first-order valence-electron chi connectivity index (χ1n) is 10.9. The number of nitrogens with zero attached hydrogens (tertiary/aromatic N) is 3. The lowest BCUT2D eigenvalue weighted by atomic mass is 9.97. The van der Waals surface area contributed by atoms with Gasteiger partial charge in [0.25, 0.3) is 0 Å². The predicted octanol–water partition coefficient (Wildman–Crippen LogP) is 3.33. The van der Waals surface area contributed by atoms with E-state index in [9.17, 15) is 18.3 Å². The van der Waals surface area contributed by atoms with Crippen LogP contribution < -0.4 is 4.74 Å². The molecular formula is C22H34F3N3O2. The highest BCUT2D eigenvalue weighted by Crippen LogP contribution is 2.26. The maximum atomic E-state index is 12.3. The maximum absolute atomic E-state index is 12.3. The van der Waals surface area contributed by atoms with E-state index in [0.717, 1.165) is 44.7 Å². The highest BCUT2D eigenvalue weighted by atomic mass is 19.4. The fraction of sp³-hybridized carbons (Fsp3) is 0.727. The van der Waals surface area contributed by atoms with Crippen LogP contribution in [0.5, 0.6) is 5.75 Å². The third kappa shape index (κ3) is 6.57. The molecule has 0 unspecified atom stereocenters. The molecule has 2 fully saturated rings. The molecule has 0 saturated carbocycles. The van der Waals surface area contributed by atoms with E-state index in [1.165, 1.54) is 25.0 Å². The first kappa shape index (κ1) is 23.3. The van der Waals surface area contributed by atoms with E-state index in [1.54, 1.807) is 12.1 Å². The van der Waals surface area contributed by atoms with Gasteiger partial charge in [-0.05, 0) is 63.9 Å². The lowest BCUT2D eigenvalue weighted by molar-refractivity contribution is -0.274. The molecule has 2 aliphatic rings. The molecule has 2 saturated heterocycles. The number of rotatable bonds is 7. The first-order valence-corrected chi connectivity index (χ1v) is 10.9. The van der Waals surface area contributed by atoms with Crippen molar-refractivity contribution in [3.8, 4) is 5.75 Å². The van der Waals surface area contributed by atoms with Crippen molar-refractivity contribution >= 4 is 0 Å². The Morgan fingerprint density at radius 3 is 2.30 bits per heavy atom. The van der Waals surface area contributed by atoms with Gasteiger partial charge in [0.15, 0.2) is 0 Å². The van der Waals surface area contributed by atoms with E-state index >= 15 is 0 Å². The van der Waals surface area contributed by atoms with Crippen LogP contribution in [0.15, 0.2) is 24.3 Å². The molecule has 2 aliphatic heterocycles. The summed E-state index contributed by atoms with van der Waals surface area (Å²) in [6.07, 6.45) is -1.58. The summed E-state index contributed by atoms with van der Waals surface area (Å²) in [5.74, 6) is -0.193. The fourth-order valence-corrected chi connectivity index (χ4v) is 4.75. The van der Waals surface area contributed by atoms with Gasteiger partial charge in [0.05, 0.1) is 0 Å². The van der Waals surface area contributed by atoms with E-state index in [-0.39, 0.29) is 12.4 Å². The third-order valence-corrected chi connectivity index (χ3v) is 6.34. The van der Waals surface area contributed by atoms with Crippen LogP contribution in [0.2, 0.25) is 0 Å². The summed E-state index contributed by atoms with van der Waals surface area (Å²) >= 11 is 0. The minimum Gasteiger partial charge on any atom is -0.406 e. The van der Waals surface area contributed by atoms with Gasteiger partial charge in [0.2, 0.25) is 0 Å². The number of hydrogen-bond acceptors (Lipinski definition) is 5. The van der Waals surface area contributed by atoms with Crippen LogP contribution >= 0.6 is 0 Å². The Kier molecular flexibility index (Phi) is 8.01. The molecule has 1 aromatic rings. The van der Waals surface area contributed by atoms with Crippen molar-refractivity contribution in [2.45, 2.75) is 64.1 Å². The van der Waals surface area contributed by atoms with Gasteiger partial charge in [0.1, 0.15) is 5.75 Å². The van der Waals surface area contributed by atoms with Crippen molar-refractivity contribution in [3.05, 3.63) is 29.8 Å². The van der Waals surface area contributed by atoms with E-state index < -0.39 is 6.36 Å². The standard InChI is InChI=1S/C22H34F3N3O2/c1-17(2)27-10-7-19(8-11-27)28-13-12-26(16-20(28)9-14-29)15-18-3-5-21(6-4-18)30-22(23,24)25/h3-6,17,19-20,29H,7-16H2,1-2H3/t20-/m1/s1. The third-order valence-electron chi connectivity index (χ3n) is 6.34. The summed E-state index contributed by atoms with van der Waals surface area (Å²) < 4.78 is 40.9. The smallest absolute Gasteiger partial charge is 0.406 e. The molecule has 170 valence electrons. The number of halogens is 3. The summed E-state index contributed by atoms with van der Waals surface area (Å²) in [5, 5.41) is 9.59. The van der Waals surface area contributed by atoms with Crippen LogP contribution in [0.1, 0.15) is 38.7 Å².